The minimum atomic E-state index is -1.25. The first-order valence-corrected chi connectivity index (χ1v) is 13.5. The lowest BCUT2D eigenvalue weighted by Crippen LogP contribution is -2.31. The van der Waals surface area contributed by atoms with Crippen molar-refractivity contribution in [2.75, 3.05) is 37.7 Å². The van der Waals surface area contributed by atoms with Crippen LogP contribution in [0.2, 0.25) is 0 Å². The molecule has 0 aromatic heterocycles. The Bertz CT molecular complexity index is 1610. The van der Waals surface area contributed by atoms with E-state index in [9.17, 15) is 19.5 Å². The Morgan fingerprint density at radius 1 is 0.976 bits per heavy atom. The van der Waals surface area contributed by atoms with Crippen molar-refractivity contribution in [3.63, 3.8) is 0 Å². The van der Waals surface area contributed by atoms with Gasteiger partial charge in [-0.1, -0.05) is 24.3 Å². The van der Waals surface area contributed by atoms with Gasteiger partial charge < -0.3 is 29.4 Å². The summed E-state index contributed by atoms with van der Waals surface area (Å²) in [6.07, 6.45) is 0.439. The van der Waals surface area contributed by atoms with E-state index in [-0.39, 0.29) is 29.4 Å². The molecule has 0 atom stereocenters. The fraction of sp³-hybridized carbons (Fsp3) is 0.312. The summed E-state index contributed by atoms with van der Waals surface area (Å²) in [4.78, 5) is 37.0. The predicted molar refractivity (Wildman–Crippen MR) is 157 cm³/mol. The fourth-order valence-corrected chi connectivity index (χ4v) is 4.96. The number of carbonyl (C=O) groups excluding carboxylic acids is 3. The lowest BCUT2D eigenvalue weighted by Gasteiger charge is -2.24. The standard InChI is InChI=1S/C32H34N2O6.H2O/c1-5-33(16-15-21(3)35)23-11-13-27-29(19-23)40-30-20-24(34(6-2)17-18-39-22(4)36)12-14-28(30)31(27)25-9-7-8-10-26(25)32(37)38;/h7-14,19-20H,5-6,15-18H2,1-4H3;1H2. The van der Waals surface area contributed by atoms with Crippen molar-refractivity contribution in [2.24, 2.45) is 0 Å². The molecule has 216 valence electrons. The number of Topliss-reactive ketones (excluding diaryl/α,β-unsaturated/α-hetero) is 1. The van der Waals surface area contributed by atoms with Crippen LogP contribution in [0, 0.1) is 0 Å². The van der Waals surface area contributed by atoms with Crippen LogP contribution >= 0.6 is 0 Å². The number of esters is 1. The number of fused-ring (bicyclic) bond motifs is 2. The first-order valence-electron chi connectivity index (χ1n) is 13.5. The second kappa shape index (κ2) is 13.7. The molecule has 4 rings (SSSR count). The van der Waals surface area contributed by atoms with Crippen molar-refractivity contribution in [3.05, 3.63) is 71.6 Å². The van der Waals surface area contributed by atoms with Crippen molar-refractivity contribution in [1.29, 1.82) is 0 Å². The number of ether oxygens (including phenoxy) is 1. The quantitative estimate of drug-likeness (QED) is 0.156. The Hall–Kier alpha value is -4.50. The van der Waals surface area contributed by atoms with Gasteiger partial charge in [0.1, 0.15) is 36.8 Å². The molecule has 9 heteroatoms. The summed E-state index contributed by atoms with van der Waals surface area (Å²) in [5.74, 6) is -0.866. The van der Waals surface area contributed by atoms with Gasteiger partial charge in [0.25, 0.3) is 0 Å². The molecule has 2 aromatic rings. The van der Waals surface area contributed by atoms with Crippen molar-refractivity contribution < 1.29 is 34.1 Å². The lowest BCUT2D eigenvalue weighted by molar-refractivity contribution is -0.254. The number of hydrogen-bond donors (Lipinski definition) is 0. The van der Waals surface area contributed by atoms with Crippen LogP contribution in [0.5, 0.6) is 0 Å². The predicted octanol–water partition coefficient (Wildman–Crippen LogP) is 2.90. The van der Waals surface area contributed by atoms with Gasteiger partial charge in [-0.2, -0.15) is 0 Å². The number of likely N-dealkylation sites (N-methyl/N-ethyl adjacent to an activating group) is 1. The average Bonchev–Trinajstić information content (AvgIpc) is 2.93. The van der Waals surface area contributed by atoms with Crippen molar-refractivity contribution in [3.8, 4) is 22.5 Å². The largest absolute Gasteiger partial charge is 0.545 e. The molecule has 0 fully saturated rings. The van der Waals surface area contributed by atoms with Crippen molar-refractivity contribution in [1.82, 2.24) is 4.58 Å². The third-order valence-electron chi connectivity index (χ3n) is 7.00. The molecule has 0 radical (unpaired) electrons. The molecule has 0 bridgehead atoms. The van der Waals surface area contributed by atoms with Crippen LogP contribution in [0.3, 0.4) is 0 Å². The Morgan fingerprint density at radius 2 is 1.73 bits per heavy atom. The van der Waals surface area contributed by atoms with Gasteiger partial charge >= 0.3 is 5.97 Å². The number of ketones is 1. The molecule has 0 saturated carbocycles. The molecular weight excluding hydrogens is 524 g/mol. The summed E-state index contributed by atoms with van der Waals surface area (Å²) in [6, 6.07) is 18.5. The van der Waals surface area contributed by atoms with Crippen LogP contribution in [0.25, 0.3) is 33.4 Å². The normalized spacial score (nSPS) is 11.6. The summed E-state index contributed by atoms with van der Waals surface area (Å²) in [7, 11) is 0. The first-order chi connectivity index (χ1) is 19.2. The number of carbonyl (C=O) groups is 3. The van der Waals surface area contributed by atoms with Gasteiger partial charge in [-0.3, -0.25) is 9.59 Å². The highest BCUT2D eigenvalue weighted by Gasteiger charge is 2.21. The van der Waals surface area contributed by atoms with Crippen molar-refractivity contribution in [2.45, 2.75) is 34.1 Å². The van der Waals surface area contributed by atoms with Gasteiger partial charge in [-0.05, 0) is 44.5 Å². The molecule has 1 aliphatic heterocycles. The van der Waals surface area contributed by atoms with Crippen molar-refractivity contribution >= 4 is 34.4 Å². The number of nitrogens with zero attached hydrogens (tertiary/aromatic N) is 2. The van der Waals surface area contributed by atoms with Gasteiger partial charge in [0.2, 0.25) is 5.36 Å². The fourth-order valence-electron chi connectivity index (χ4n) is 4.96. The van der Waals surface area contributed by atoms with Gasteiger partial charge in [0.05, 0.1) is 25.0 Å². The number of anilines is 1. The van der Waals surface area contributed by atoms with E-state index in [1.165, 1.54) is 6.92 Å². The van der Waals surface area contributed by atoms with Gasteiger partial charge in [-0.25, -0.2) is 4.58 Å². The molecule has 1 heterocycles. The van der Waals surface area contributed by atoms with E-state index in [4.69, 9.17) is 9.15 Å². The highest BCUT2D eigenvalue weighted by molar-refractivity contribution is 6.07. The molecule has 1 aliphatic carbocycles. The summed E-state index contributed by atoms with van der Waals surface area (Å²) in [5, 5.41) is 13.8. The number of rotatable bonds is 11. The third kappa shape index (κ3) is 6.99. The van der Waals surface area contributed by atoms with E-state index in [0.717, 1.165) is 27.6 Å². The summed E-state index contributed by atoms with van der Waals surface area (Å²) in [6.45, 7) is 9.78. The second-order valence-electron chi connectivity index (χ2n) is 9.62. The van der Waals surface area contributed by atoms with Gasteiger partial charge in [0.15, 0.2) is 0 Å². The van der Waals surface area contributed by atoms with E-state index >= 15 is 0 Å². The van der Waals surface area contributed by atoms with Crippen LogP contribution in [0.4, 0.5) is 5.69 Å². The zero-order chi connectivity index (χ0) is 28.8. The van der Waals surface area contributed by atoms with Crippen LogP contribution < -0.4 is 19.9 Å². The molecule has 2 aromatic carbocycles. The lowest BCUT2D eigenvalue weighted by atomic mass is 9.90. The topological polar surface area (TPSA) is 134 Å². The van der Waals surface area contributed by atoms with E-state index < -0.39 is 5.97 Å². The monoisotopic (exact) mass is 560 g/mol. The maximum absolute atomic E-state index is 12.1. The molecule has 2 N–H and O–H groups in total. The smallest absolute Gasteiger partial charge is 0.302 e. The third-order valence-corrected chi connectivity index (χ3v) is 7.00. The molecule has 2 aliphatic rings. The molecular formula is C32H36N2O7. The highest BCUT2D eigenvalue weighted by atomic mass is 16.5. The molecule has 0 spiro atoms. The molecule has 9 nitrogen and oxygen atoms in total. The highest BCUT2D eigenvalue weighted by Crippen LogP contribution is 2.41. The number of carboxylic acids is 1. The molecule has 0 saturated heterocycles. The Kier molecular flexibility index (Phi) is 10.4. The molecule has 0 amide bonds. The minimum absolute atomic E-state index is 0. The number of aromatic carboxylic acids is 1. The van der Waals surface area contributed by atoms with E-state index in [1.807, 2.05) is 50.2 Å². The van der Waals surface area contributed by atoms with Crippen LogP contribution in [-0.2, 0) is 14.3 Å². The second-order valence-corrected chi connectivity index (χ2v) is 9.62. The summed E-state index contributed by atoms with van der Waals surface area (Å²) < 4.78 is 13.7. The molecule has 0 unspecified atom stereocenters. The maximum Gasteiger partial charge on any atom is 0.302 e. The molecule has 41 heavy (non-hydrogen) atoms. The Balaban J connectivity index is 0.00000462. The number of benzene rings is 3. The van der Waals surface area contributed by atoms with E-state index in [2.05, 4.69) is 9.48 Å². The number of hydrogen-bond acceptors (Lipinski definition) is 7. The van der Waals surface area contributed by atoms with Crippen LogP contribution in [-0.4, -0.2) is 56.0 Å². The zero-order valence-electron chi connectivity index (χ0n) is 23.9. The SMILES string of the molecule is CCN(CCOC(C)=O)c1ccc2c(-c3ccccc3C(=O)[O-])c3ccc(=[N+](CC)CCC(C)=O)cc-3oc2c1.O. The average molecular weight is 561 g/mol. The zero-order valence-corrected chi connectivity index (χ0v) is 23.9. The summed E-state index contributed by atoms with van der Waals surface area (Å²) in [5.41, 5.74) is 3.62. The van der Waals surface area contributed by atoms with Gasteiger partial charge in [-0.15, -0.1) is 0 Å². The Labute approximate surface area is 238 Å². The summed E-state index contributed by atoms with van der Waals surface area (Å²) >= 11 is 0. The maximum atomic E-state index is 12.1. The van der Waals surface area contributed by atoms with Crippen LogP contribution in [0.1, 0.15) is 44.5 Å². The first kappa shape index (κ1) is 31.0. The van der Waals surface area contributed by atoms with Gasteiger partial charge in [0, 0.05) is 53.4 Å². The van der Waals surface area contributed by atoms with E-state index in [1.54, 1.807) is 31.2 Å². The number of carboxylic acid groups (broad SMARTS) is 1. The Morgan fingerprint density at radius 3 is 2.39 bits per heavy atom. The van der Waals surface area contributed by atoms with Crippen LogP contribution in [0.15, 0.2) is 65.1 Å². The minimum Gasteiger partial charge on any atom is -0.545 e. The van der Waals surface area contributed by atoms with E-state index in [0.29, 0.717) is 49.5 Å².